The van der Waals surface area contributed by atoms with Crippen molar-refractivity contribution in [3.63, 3.8) is 0 Å². The van der Waals surface area contributed by atoms with Crippen LogP contribution in [0.3, 0.4) is 0 Å². The predicted molar refractivity (Wildman–Crippen MR) is 72.3 cm³/mol. The van der Waals surface area contributed by atoms with Gasteiger partial charge in [0.25, 0.3) is 0 Å². The van der Waals surface area contributed by atoms with E-state index in [1.165, 1.54) is 6.33 Å². The highest BCUT2D eigenvalue weighted by molar-refractivity contribution is 5.77. The van der Waals surface area contributed by atoms with Crippen LogP contribution in [0.1, 0.15) is 25.7 Å². The molecule has 1 aromatic rings. The van der Waals surface area contributed by atoms with Crippen molar-refractivity contribution in [2.75, 3.05) is 19.6 Å². The van der Waals surface area contributed by atoms with Crippen molar-refractivity contribution >= 4 is 12.0 Å². The second kappa shape index (κ2) is 5.71. The molecule has 0 saturated carbocycles. The standard InChI is InChI=1S/C13H19N5O3/c19-11(3-1-6-18-10-14-9-16-18)17-5-2-4-13(8-17)7-15-12(20)21-13/h9-10H,1-8H2,(H,15,20). The van der Waals surface area contributed by atoms with Gasteiger partial charge < -0.3 is 15.0 Å². The average molecular weight is 293 g/mol. The molecule has 3 heterocycles. The van der Waals surface area contributed by atoms with Gasteiger partial charge in [0.05, 0.1) is 13.1 Å². The molecule has 0 aliphatic carbocycles. The van der Waals surface area contributed by atoms with Gasteiger partial charge in [-0.2, -0.15) is 5.10 Å². The molecule has 2 saturated heterocycles. The van der Waals surface area contributed by atoms with E-state index in [1.54, 1.807) is 11.0 Å². The zero-order chi connectivity index (χ0) is 14.7. The first-order chi connectivity index (χ1) is 10.2. The first-order valence-electron chi connectivity index (χ1n) is 7.24. The highest BCUT2D eigenvalue weighted by Gasteiger charge is 2.44. The maximum absolute atomic E-state index is 12.3. The Morgan fingerprint density at radius 3 is 3.14 bits per heavy atom. The van der Waals surface area contributed by atoms with E-state index in [9.17, 15) is 9.59 Å². The Morgan fingerprint density at radius 1 is 1.52 bits per heavy atom. The van der Waals surface area contributed by atoms with E-state index >= 15 is 0 Å². The smallest absolute Gasteiger partial charge is 0.407 e. The van der Waals surface area contributed by atoms with Crippen molar-refractivity contribution in [3.8, 4) is 0 Å². The SMILES string of the molecule is O=C1NCC2(CCCN(C(=O)CCCn3cncn3)C2)O1. The molecule has 0 bridgehead atoms. The van der Waals surface area contributed by atoms with Gasteiger partial charge in [-0.3, -0.25) is 9.48 Å². The fraction of sp³-hybridized carbons (Fsp3) is 0.692. The largest absolute Gasteiger partial charge is 0.439 e. The molecule has 21 heavy (non-hydrogen) atoms. The van der Waals surface area contributed by atoms with Gasteiger partial charge in [-0.25, -0.2) is 9.78 Å². The van der Waals surface area contributed by atoms with Crippen LogP contribution in [0, 0.1) is 0 Å². The minimum Gasteiger partial charge on any atom is -0.439 e. The second-order valence-corrected chi connectivity index (χ2v) is 5.61. The normalized spacial score (nSPS) is 25.0. The zero-order valence-electron chi connectivity index (χ0n) is 11.8. The second-order valence-electron chi connectivity index (χ2n) is 5.61. The molecule has 1 unspecified atom stereocenters. The molecular formula is C13H19N5O3. The Bertz CT molecular complexity index is 518. The number of carbonyl (C=O) groups is 2. The number of alkyl carbamates (subject to hydrolysis) is 1. The van der Waals surface area contributed by atoms with Crippen LogP contribution in [-0.2, 0) is 16.1 Å². The van der Waals surface area contributed by atoms with Crippen molar-refractivity contribution < 1.29 is 14.3 Å². The summed E-state index contributed by atoms with van der Waals surface area (Å²) in [4.78, 5) is 29.2. The fourth-order valence-electron chi connectivity index (χ4n) is 2.94. The Morgan fingerprint density at radius 2 is 2.43 bits per heavy atom. The molecule has 1 atom stereocenters. The van der Waals surface area contributed by atoms with Crippen molar-refractivity contribution in [3.05, 3.63) is 12.7 Å². The Labute approximate surface area is 122 Å². The van der Waals surface area contributed by atoms with Crippen LogP contribution in [0.4, 0.5) is 4.79 Å². The maximum Gasteiger partial charge on any atom is 0.407 e. The Hall–Kier alpha value is -2.12. The van der Waals surface area contributed by atoms with Gasteiger partial charge in [-0.1, -0.05) is 0 Å². The molecular weight excluding hydrogens is 274 g/mol. The summed E-state index contributed by atoms with van der Waals surface area (Å²) in [5.41, 5.74) is -0.517. The van der Waals surface area contributed by atoms with Crippen LogP contribution in [0.15, 0.2) is 12.7 Å². The van der Waals surface area contributed by atoms with Crippen LogP contribution in [-0.4, -0.2) is 56.9 Å². The van der Waals surface area contributed by atoms with Crippen LogP contribution in [0.25, 0.3) is 0 Å². The number of piperidine rings is 1. The van der Waals surface area contributed by atoms with E-state index in [0.29, 0.717) is 26.1 Å². The van der Waals surface area contributed by atoms with Crippen LogP contribution in [0.5, 0.6) is 0 Å². The van der Waals surface area contributed by atoms with E-state index in [4.69, 9.17) is 4.74 Å². The summed E-state index contributed by atoms with van der Waals surface area (Å²) in [6.07, 6.45) is 5.62. The molecule has 8 nitrogen and oxygen atoms in total. The summed E-state index contributed by atoms with van der Waals surface area (Å²) in [7, 11) is 0. The zero-order valence-corrected chi connectivity index (χ0v) is 11.8. The van der Waals surface area contributed by atoms with E-state index in [2.05, 4.69) is 15.4 Å². The molecule has 114 valence electrons. The third-order valence-corrected chi connectivity index (χ3v) is 4.00. The van der Waals surface area contributed by atoms with Gasteiger partial charge in [0, 0.05) is 19.5 Å². The van der Waals surface area contributed by atoms with Gasteiger partial charge >= 0.3 is 6.09 Å². The minimum absolute atomic E-state index is 0.108. The topological polar surface area (TPSA) is 89.4 Å². The van der Waals surface area contributed by atoms with Crippen LogP contribution < -0.4 is 5.32 Å². The van der Waals surface area contributed by atoms with Crippen LogP contribution in [0.2, 0.25) is 0 Å². The highest BCUT2D eigenvalue weighted by Crippen LogP contribution is 2.28. The molecule has 1 aromatic heterocycles. The lowest BCUT2D eigenvalue weighted by Crippen LogP contribution is -2.52. The predicted octanol–water partition coefficient (Wildman–Crippen LogP) is 0.159. The van der Waals surface area contributed by atoms with Gasteiger partial charge in [0.15, 0.2) is 0 Å². The summed E-state index contributed by atoms with van der Waals surface area (Å²) >= 11 is 0. The van der Waals surface area contributed by atoms with Crippen LogP contribution >= 0.6 is 0 Å². The number of likely N-dealkylation sites (tertiary alicyclic amines) is 1. The molecule has 3 rings (SSSR count). The molecule has 2 aliphatic heterocycles. The molecule has 0 aromatic carbocycles. The summed E-state index contributed by atoms with van der Waals surface area (Å²) in [5.74, 6) is 0.108. The third-order valence-electron chi connectivity index (χ3n) is 4.00. The monoisotopic (exact) mass is 293 g/mol. The fourth-order valence-corrected chi connectivity index (χ4v) is 2.94. The van der Waals surface area contributed by atoms with Gasteiger partial charge in [0.2, 0.25) is 5.91 Å². The molecule has 8 heteroatoms. The Balaban J connectivity index is 1.49. The number of amides is 2. The lowest BCUT2D eigenvalue weighted by Gasteiger charge is -2.38. The summed E-state index contributed by atoms with van der Waals surface area (Å²) in [6.45, 7) is 2.41. The van der Waals surface area contributed by atoms with Crippen molar-refractivity contribution in [1.29, 1.82) is 0 Å². The van der Waals surface area contributed by atoms with Crippen molar-refractivity contribution in [2.24, 2.45) is 0 Å². The van der Waals surface area contributed by atoms with Gasteiger partial charge in [-0.05, 0) is 19.3 Å². The molecule has 0 radical (unpaired) electrons. The van der Waals surface area contributed by atoms with Crippen molar-refractivity contribution in [1.82, 2.24) is 25.0 Å². The average Bonchev–Trinajstić information content (AvgIpc) is 3.10. The number of hydrogen-bond acceptors (Lipinski definition) is 5. The number of aromatic nitrogens is 3. The molecule has 2 fully saturated rings. The molecule has 2 amide bonds. The number of hydrogen-bond donors (Lipinski definition) is 1. The van der Waals surface area contributed by atoms with E-state index in [-0.39, 0.29) is 12.0 Å². The molecule has 1 spiro atoms. The minimum atomic E-state index is -0.517. The lowest BCUT2D eigenvalue weighted by molar-refractivity contribution is -0.136. The number of carbonyl (C=O) groups excluding carboxylic acids is 2. The first-order valence-corrected chi connectivity index (χ1v) is 7.24. The van der Waals surface area contributed by atoms with E-state index < -0.39 is 5.60 Å². The number of aryl methyl sites for hydroxylation is 1. The third kappa shape index (κ3) is 3.14. The molecule has 1 N–H and O–H groups in total. The summed E-state index contributed by atoms with van der Waals surface area (Å²) in [5, 5.41) is 6.69. The van der Waals surface area contributed by atoms with Crippen molar-refractivity contribution in [2.45, 2.75) is 37.8 Å². The summed E-state index contributed by atoms with van der Waals surface area (Å²) in [6, 6.07) is 0. The Kier molecular flexibility index (Phi) is 3.76. The van der Waals surface area contributed by atoms with Gasteiger partial charge in [-0.15, -0.1) is 0 Å². The highest BCUT2D eigenvalue weighted by atomic mass is 16.6. The van der Waals surface area contributed by atoms with E-state index in [1.807, 2.05) is 4.90 Å². The summed E-state index contributed by atoms with van der Waals surface area (Å²) < 4.78 is 7.08. The molecule has 2 aliphatic rings. The number of rotatable bonds is 4. The first kappa shape index (κ1) is 13.8. The number of nitrogens with one attached hydrogen (secondary N) is 1. The van der Waals surface area contributed by atoms with Gasteiger partial charge in [0.1, 0.15) is 18.3 Å². The quantitative estimate of drug-likeness (QED) is 0.854. The number of nitrogens with zero attached hydrogens (tertiary/aromatic N) is 4. The maximum atomic E-state index is 12.3. The number of ether oxygens (including phenoxy) is 1. The lowest BCUT2D eigenvalue weighted by atomic mass is 9.93. The van der Waals surface area contributed by atoms with E-state index in [0.717, 1.165) is 25.8 Å².